The summed E-state index contributed by atoms with van der Waals surface area (Å²) < 4.78 is 0. The molecular weight excluding hydrogens is 148 g/mol. The van der Waals surface area contributed by atoms with Crippen LogP contribution in [0.3, 0.4) is 0 Å². The molecule has 0 aromatic rings. The lowest BCUT2D eigenvalue weighted by Crippen LogP contribution is -2.39. The molecule has 2 nitrogen and oxygen atoms in total. The van der Waals surface area contributed by atoms with Gasteiger partial charge in [-0.3, -0.25) is 11.3 Å². The maximum Gasteiger partial charge on any atom is 0.0239 e. The fourth-order valence-corrected chi connectivity index (χ4v) is 1.22. The van der Waals surface area contributed by atoms with E-state index in [1.54, 1.807) is 0 Å². The molecule has 0 aliphatic heterocycles. The van der Waals surface area contributed by atoms with Gasteiger partial charge >= 0.3 is 0 Å². The van der Waals surface area contributed by atoms with Crippen molar-refractivity contribution in [3.63, 3.8) is 0 Å². The molecule has 2 atom stereocenters. The summed E-state index contributed by atoms with van der Waals surface area (Å²) in [5.41, 5.74) is 4.10. The first-order valence-electron chi connectivity index (χ1n) is 4.72. The van der Waals surface area contributed by atoms with Gasteiger partial charge in [0.2, 0.25) is 0 Å². The van der Waals surface area contributed by atoms with Crippen LogP contribution < -0.4 is 11.3 Å². The predicted molar refractivity (Wildman–Crippen MR) is 54.6 cm³/mol. The Morgan fingerprint density at radius 1 is 1.58 bits per heavy atom. The van der Waals surface area contributed by atoms with Gasteiger partial charge in [-0.1, -0.05) is 25.8 Å². The Morgan fingerprint density at radius 3 is 2.50 bits per heavy atom. The van der Waals surface area contributed by atoms with Gasteiger partial charge in [-0.2, -0.15) is 0 Å². The molecule has 0 aliphatic rings. The molecule has 0 aromatic carbocycles. The third-order valence-electron chi connectivity index (χ3n) is 2.43. The van der Waals surface area contributed by atoms with Crippen molar-refractivity contribution in [2.45, 2.75) is 46.1 Å². The average Bonchev–Trinajstić information content (AvgIpc) is 2.04. The number of hydrogen-bond acceptors (Lipinski definition) is 2. The highest BCUT2D eigenvalue weighted by Crippen LogP contribution is 2.14. The minimum Gasteiger partial charge on any atom is -0.271 e. The summed E-state index contributed by atoms with van der Waals surface area (Å²) in [5.74, 6) is 6.10. The first kappa shape index (κ1) is 11.7. The second-order valence-electron chi connectivity index (χ2n) is 3.65. The molecule has 0 aliphatic carbocycles. The van der Waals surface area contributed by atoms with Gasteiger partial charge in [-0.15, -0.1) is 6.58 Å². The monoisotopic (exact) mass is 170 g/mol. The third kappa shape index (κ3) is 4.52. The smallest absolute Gasteiger partial charge is 0.0239 e. The second-order valence-corrected chi connectivity index (χ2v) is 3.65. The lowest BCUT2D eigenvalue weighted by atomic mass is 9.94. The van der Waals surface area contributed by atoms with Crippen LogP contribution in [0.4, 0.5) is 0 Å². The molecule has 2 unspecified atom stereocenters. The van der Waals surface area contributed by atoms with Gasteiger partial charge in [0.05, 0.1) is 0 Å². The molecule has 0 heterocycles. The highest BCUT2D eigenvalue weighted by molar-refractivity contribution is 4.89. The van der Waals surface area contributed by atoms with Crippen molar-refractivity contribution in [2.24, 2.45) is 11.8 Å². The van der Waals surface area contributed by atoms with E-state index in [1.807, 2.05) is 0 Å². The van der Waals surface area contributed by atoms with E-state index in [4.69, 9.17) is 5.84 Å². The molecule has 0 spiro atoms. The number of nitrogens with one attached hydrogen (secondary N) is 1. The standard InChI is InChI=1S/C10H22N2/c1-5-9(4)10(12-11)7-6-8(2)3/h9-10,12H,2,5-7,11H2,1,3-4H3. The SMILES string of the molecule is C=C(C)CCC(NN)C(C)CC. The second kappa shape index (κ2) is 6.21. The van der Waals surface area contributed by atoms with Crippen molar-refractivity contribution < 1.29 is 0 Å². The van der Waals surface area contributed by atoms with Crippen molar-refractivity contribution >= 4 is 0 Å². The lowest BCUT2D eigenvalue weighted by Gasteiger charge is -2.21. The van der Waals surface area contributed by atoms with Gasteiger partial charge < -0.3 is 0 Å². The zero-order valence-corrected chi connectivity index (χ0v) is 8.56. The predicted octanol–water partition coefficient (Wildman–Crippen LogP) is 2.22. The first-order chi connectivity index (χ1) is 5.61. The molecule has 0 saturated carbocycles. The van der Waals surface area contributed by atoms with E-state index < -0.39 is 0 Å². The zero-order valence-electron chi connectivity index (χ0n) is 8.56. The molecule has 0 radical (unpaired) electrons. The summed E-state index contributed by atoms with van der Waals surface area (Å²) in [4.78, 5) is 0. The van der Waals surface area contributed by atoms with Gasteiger partial charge in [0.25, 0.3) is 0 Å². The van der Waals surface area contributed by atoms with E-state index in [-0.39, 0.29) is 0 Å². The van der Waals surface area contributed by atoms with E-state index in [9.17, 15) is 0 Å². The molecule has 2 heteroatoms. The summed E-state index contributed by atoms with van der Waals surface area (Å²) in [7, 11) is 0. The molecule has 0 amide bonds. The number of allylic oxidation sites excluding steroid dienone is 1. The highest BCUT2D eigenvalue weighted by Gasteiger charge is 2.12. The third-order valence-corrected chi connectivity index (χ3v) is 2.43. The molecule has 3 N–H and O–H groups in total. The molecule has 0 bridgehead atoms. The molecule has 0 saturated heterocycles. The number of hydrazine groups is 1. The lowest BCUT2D eigenvalue weighted by molar-refractivity contribution is 0.353. The largest absolute Gasteiger partial charge is 0.271 e. The van der Waals surface area contributed by atoms with Gasteiger partial charge in [0.15, 0.2) is 0 Å². The van der Waals surface area contributed by atoms with Crippen LogP contribution in [0.1, 0.15) is 40.0 Å². The summed E-state index contributed by atoms with van der Waals surface area (Å²) in [6.07, 6.45) is 3.34. The van der Waals surface area contributed by atoms with Crippen LogP contribution in [0.5, 0.6) is 0 Å². The Balaban J connectivity index is 3.74. The van der Waals surface area contributed by atoms with E-state index in [2.05, 4.69) is 32.8 Å². The molecule has 0 rings (SSSR count). The van der Waals surface area contributed by atoms with Crippen LogP contribution in [0.15, 0.2) is 12.2 Å². The van der Waals surface area contributed by atoms with Crippen LogP contribution in [0.2, 0.25) is 0 Å². The minimum atomic E-state index is 0.437. The fraction of sp³-hybridized carbons (Fsp3) is 0.800. The Kier molecular flexibility index (Phi) is 6.03. The van der Waals surface area contributed by atoms with Crippen LogP contribution in [0.25, 0.3) is 0 Å². The normalized spacial score (nSPS) is 15.7. The van der Waals surface area contributed by atoms with Crippen molar-refractivity contribution in [3.05, 3.63) is 12.2 Å². The van der Waals surface area contributed by atoms with Crippen molar-refractivity contribution in [1.29, 1.82) is 0 Å². The van der Waals surface area contributed by atoms with Crippen LogP contribution >= 0.6 is 0 Å². The Hall–Kier alpha value is -0.340. The average molecular weight is 170 g/mol. The van der Waals surface area contributed by atoms with E-state index in [0.717, 1.165) is 12.8 Å². The van der Waals surface area contributed by atoms with Gasteiger partial charge in [0.1, 0.15) is 0 Å². The van der Waals surface area contributed by atoms with Crippen LogP contribution in [-0.2, 0) is 0 Å². The topological polar surface area (TPSA) is 38.0 Å². The maximum absolute atomic E-state index is 5.46. The summed E-state index contributed by atoms with van der Waals surface area (Å²) in [6, 6.07) is 0.437. The quantitative estimate of drug-likeness (QED) is 0.364. The van der Waals surface area contributed by atoms with Gasteiger partial charge in [0, 0.05) is 6.04 Å². The number of nitrogens with two attached hydrogens (primary N) is 1. The van der Waals surface area contributed by atoms with Crippen molar-refractivity contribution in [1.82, 2.24) is 5.43 Å². The van der Waals surface area contributed by atoms with Crippen LogP contribution in [-0.4, -0.2) is 6.04 Å². The maximum atomic E-state index is 5.46. The summed E-state index contributed by atoms with van der Waals surface area (Å²) in [6.45, 7) is 10.4. The Labute approximate surface area is 76.2 Å². The van der Waals surface area contributed by atoms with Gasteiger partial charge in [-0.05, 0) is 25.7 Å². The molecule has 0 fully saturated rings. The molecule has 12 heavy (non-hydrogen) atoms. The van der Waals surface area contributed by atoms with Crippen LogP contribution in [0, 0.1) is 5.92 Å². The van der Waals surface area contributed by atoms with Crippen molar-refractivity contribution in [2.75, 3.05) is 0 Å². The first-order valence-corrected chi connectivity index (χ1v) is 4.72. The number of rotatable bonds is 6. The van der Waals surface area contributed by atoms with E-state index in [0.29, 0.717) is 12.0 Å². The molecule has 0 aromatic heterocycles. The zero-order chi connectivity index (χ0) is 9.56. The molecular formula is C10H22N2. The van der Waals surface area contributed by atoms with Gasteiger partial charge in [-0.25, -0.2) is 0 Å². The molecule has 72 valence electrons. The summed E-state index contributed by atoms with van der Waals surface area (Å²) in [5, 5.41) is 0. The van der Waals surface area contributed by atoms with Crippen molar-refractivity contribution in [3.8, 4) is 0 Å². The minimum absolute atomic E-state index is 0.437. The highest BCUT2D eigenvalue weighted by atomic mass is 15.2. The summed E-state index contributed by atoms with van der Waals surface area (Å²) >= 11 is 0. The number of hydrogen-bond donors (Lipinski definition) is 2. The Bertz CT molecular complexity index is 132. The van der Waals surface area contributed by atoms with E-state index in [1.165, 1.54) is 12.0 Å². The fourth-order valence-electron chi connectivity index (χ4n) is 1.22. The Morgan fingerprint density at radius 2 is 2.17 bits per heavy atom. The van der Waals surface area contributed by atoms with E-state index >= 15 is 0 Å².